The van der Waals surface area contributed by atoms with Crippen molar-refractivity contribution in [2.75, 3.05) is 0 Å². The molecule has 8 heteroatoms. The average Bonchev–Trinajstić information content (AvgIpc) is 3.46. The van der Waals surface area contributed by atoms with Crippen molar-refractivity contribution in [2.45, 2.75) is 19.6 Å². The Hall–Kier alpha value is -3.94. The Morgan fingerprint density at radius 3 is 2.52 bits per heavy atom. The van der Waals surface area contributed by atoms with Gasteiger partial charge in [0.05, 0.1) is 11.7 Å². The predicted octanol–water partition coefficient (Wildman–Crippen LogP) is 4.96. The molecule has 6 nitrogen and oxygen atoms in total. The van der Waals surface area contributed by atoms with Crippen molar-refractivity contribution in [2.24, 2.45) is 0 Å². The number of alkyl halides is 2. The SMILES string of the molecule is CC(NC(=O)c1cc(-c2ccc(OC(F)F)cc2)n[nH]1)c1cccc(-n2cccc2)c1. The van der Waals surface area contributed by atoms with Gasteiger partial charge in [-0.05, 0) is 67.1 Å². The first-order chi connectivity index (χ1) is 15.0. The van der Waals surface area contributed by atoms with Crippen LogP contribution in [0.1, 0.15) is 29.0 Å². The van der Waals surface area contributed by atoms with Crippen molar-refractivity contribution in [3.8, 4) is 22.7 Å². The van der Waals surface area contributed by atoms with Gasteiger partial charge in [0.2, 0.25) is 0 Å². The summed E-state index contributed by atoms with van der Waals surface area (Å²) in [5.41, 5.74) is 3.47. The molecule has 2 N–H and O–H groups in total. The van der Waals surface area contributed by atoms with Gasteiger partial charge < -0.3 is 14.6 Å². The third kappa shape index (κ3) is 4.80. The van der Waals surface area contributed by atoms with Crippen molar-refractivity contribution in [1.29, 1.82) is 0 Å². The lowest BCUT2D eigenvalue weighted by Crippen LogP contribution is -2.27. The zero-order chi connectivity index (χ0) is 21.8. The number of hydrogen-bond acceptors (Lipinski definition) is 3. The number of rotatable bonds is 7. The third-order valence-corrected chi connectivity index (χ3v) is 4.82. The molecule has 1 unspecified atom stereocenters. The normalized spacial score (nSPS) is 12.0. The first kappa shape index (κ1) is 20.3. The molecular formula is C23H20F2N4O2. The number of carbonyl (C=O) groups is 1. The Balaban J connectivity index is 1.44. The van der Waals surface area contributed by atoms with Gasteiger partial charge in [-0.2, -0.15) is 13.9 Å². The molecule has 0 spiro atoms. The lowest BCUT2D eigenvalue weighted by molar-refractivity contribution is -0.0498. The highest BCUT2D eigenvalue weighted by Gasteiger charge is 2.15. The molecule has 0 saturated carbocycles. The van der Waals surface area contributed by atoms with Crippen LogP contribution in [0, 0.1) is 0 Å². The fraction of sp³-hybridized carbons (Fsp3) is 0.130. The number of aromatic nitrogens is 3. The van der Waals surface area contributed by atoms with E-state index in [0.717, 1.165) is 11.3 Å². The van der Waals surface area contributed by atoms with E-state index in [4.69, 9.17) is 0 Å². The largest absolute Gasteiger partial charge is 0.435 e. The summed E-state index contributed by atoms with van der Waals surface area (Å²) in [6, 6.07) is 19.3. The van der Waals surface area contributed by atoms with Crippen LogP contribution in [0.15, 0.2) is 79.1 Å². The predicted molar refractivity (Wildman–Crippen MR) is 112 cm³/mol. The molecule has 2 heterocycles. The zero-order valence-electron chi connectivity index (χ0n) is 16.6. The van der Waals surface area contributed by atoms with E-state index in [2.05, 4.69) is 20.3 Å². The number of aromatic amines is 1. The van der Waals surface area contributed by atoms with Gasteiger partial charge in [-0.1, -0.05) is 12.1 Å². The molecule has 1 amide bonds. The van der Waals surface area contributed by atoms with Gasteiger partial charge in [0.1, 0.15) is 11.4 Å². The molecule has 0 aliphatic heterocycles. The maximum atomic E-state index is 12.7. The lowest BCUT2D eigenvalue weighted by Gasteiger charge is -2.15. The second-order valence-corrected chi connectivity index (χ2v) is 6.95. The minimum atomic E-state index is -2.88. The molecule has 1 atom stereocenters. The minimum absolute atomic E-state index is 0.0585. The number of benzene rings is 2. The standard InChI is InChI=1S/C23H20F2N4O2/c1-15(17-5-4-6-18(13-17)29-11-2-3-12-29)26-22(30)21-14-20(27-28-21)16-7-9-19(10-8-16)31-23(24)25/h2-15,23H,1H3,(H,26,30)(H,27,28). The molecule has 2 aromatic carbocycles. The third-order valence-electron chi connectivity index (χ3n) is 4.82. The molecule has 0 saturated heterocycles. The molecule has 2 aromatic heterocycles. The number of nitrogens with one attached hydrogen (secondary N) is 2. The summed E-state index contributed by atoms with van der Waals surface area (Å²) in [5.74, 6) is -0.238. The molecule has 0 bridgehead atoms. The topological polar surface area (TPSA) is 71.9 Å². The van der Waals surface area contributed by atoms with E-state index in [9.17, 15) is 13.6 Å². The highest BCUT2D eigenvalue weighted by molar-refractivity contribution is 5.93. The number of hydrogen-bond donors (Lipinski definition) is 2. The Kier molecular flexibility index (Phi) is 5.79. The van der Waals surface area contributed by atoms with Gasteiger partial charge in [0.15, 0.2) is 0 Å². The van der Waals surface area contributed by atoms with Crippen molar-refractivity contribution < 1.29 is 18.3 Å². The number of ether oxygens (including phenoxy) is 1. The van der Waals surface area contributed by atoms with Crippen LogP contribution in [0.25, 0.3) is 16.9 Å². The van der Waals surface area contributed by atoms with Gasteiger partial charge in [0, 0.05) is 23.6 Å². The molecule has 0 fully saturated rings. The van der Waals surface area contributed by atoms with Crippen LogP contribution in [-0.4, -0.2) is 27.3 Å². The summed E-state index contributed by atoms with van der Waals surface area (Å²) in [4.78, 5) is 12.7. The van der Waals surface area contributed by atoms with Gasteiger partial charge in [0.25, 0.3) is 5.91 Å². The van der Waals surface area contributed by atoms with Crippen LogP contribution in [0.3, 0.4) is 0 Å². The Morgan fingerprint density at radius 2 is 1.81 bits per heavy atom. The maximum absolute atomic E-state index is 12.7. The summed E-state index contributed by atoms with van der Waals surface area (Å²) in [6.07, 6.45) is 3.92. The number of H-pyrrole nitrogens is 1. The Morgan fingerprint density at radius 1 is 1.06 bits per heavy atom. The van der Waals surface area contributed by atoms with E-state index in [1.807, 2.05) is 60.3 Å². The second kappa shape index (κ2) is 8.83. The molecule has 158 valence electrons. The van der Waals surface area contributed by atoms with E-state index >= 15 is 0 Å². The highest BCUT2D eigenvalue weighted by atomic mass is 19.3. The molecule has 0 aliphatic carbocycles. The van der Waals surface area contributed by atoms with Crippen LogP contribution in [0.2, 0.25) is 0 Å². The van der Waals surface area contributed by atoms with Crippen molar-refractivity contribution in [3.05, 3.63) is 90.4 Å². The van der Waals surface area contributed by atoms with E-state index < -0.39 is 6.61 Å². The van der Waals surface area contributed by atoms with Crippen LogP contribution in [0.4, 0.5) is 8.78 Å². The van der Waals surface area contributed by atoms with Crippen molar-refractivity contribution >= 4 is 5.91 Å². The van der Waals surface area contributed by atoms with Crippen LogP contribution in [-0.2, 0) is 0 Å². The smallest absolute Gasteiger partial charge is 0.387 e. The molecule has 0 aliphatic rings. The van der Waals surface area contributed by atoms with Gasteiger partial charge in [-0.25, -0.2) is 0 Å². The van der Waals surface area contributed by atoms with Crippen molar-refractivity contribution in [1.82, 2.24) is 20.1 Å². The number of carbonyl (C=O) groups excluding carboxylic acids is 1. The summed E-state index contributed by atoms with van der Waals surface area (Å²) < 4.78 is 30.9. The van der Waals surface area contributed by atoms with E-state index in [1.165, 1.54) is 12.1 Å². The maximum Gasteiger partial charge on any atom is 0.387 e. The first-order valence-corrected chi connectivity index (χ1v) is 9.64. The molecule has 4 aromatic rings. The first-order valence-electron chi connectivity index (χ1n) is 9.64. The average molecular weight is 422 g/mol. The fourth-order valence-electron chi connectivity index (χ4n) is 3.21. The van der Waals surface area contributed by atoms with Gasteiger partial charge >= 0.3 is 6.61 Å². The number of amides is 1. The second-order valence-electron chi connectivity index (χ2n) is 6.95. The Labute approximate surface area is 177 Å². The van der Waals surface area contributed by atoms with E-state index in [1.54, 1.807) is 18.2 Å². The van der Waals surface area contributed by atoms with Crippen LogP contribution in [0.5, 0.6) is 5.75 Å². The van der Waals surface area contributed by atoms with Crippen LogP contribution < -0.4 is 10.1 Å². The molecule has 31 heavy (non-hydrogen) atoms. The highest BCUT2D eigenvalue weighted by Crippen LogP contribution is 2.23. The van der Waals surface area contributed by atoms with Gasteiger partial charge in [-0.15, -0.1) is 0 Å². The van der Waals surface area contributed by atoms with Crippen LogP contribution >= 0.6 is 0 Å². The summed E-state index contributed by atoms with van der Waals surface area (Å²) >= 11 is 0. The van der Waals surface area contributed by atoms with Gasteiger partial charge in [-0.3, -0.25) is 9.89 Å². The monoisotopic (exact) mass is 422 g/mol. The summed E-state index contributed by atoms with van der Waals surface area (Å²) in [6.45, 7) is -0.969. The molecule has 0 radical (unpaired) electrons. The lowest BCUT2D eigenvalue weighted by atomic mass is 10.1. The number of nitrogens with zero attached hydrogens (tertiary/aromatic N) is 2. The summed E-state index contributed by atoms with van der Waals surface area (Å²) in [5, 5.41) is 9.83. The van der Waals surface area contributed by atoms with Crippen molar-refractivity contribution in [3.63, 3.8) is 0 Å². The minimum Gasteiger partial charge on any atom is -0.435 e. The van der Waals surface area contributed by atoms with E-state index in [0.29, 0.717) is 17.0 Å². The summed E-state index contributed by atoms with van der Waals surface area (Å²) in [7, 11) is 0. The zero-order valence-corrected chi connectivity index (χ0v) is 16.6. The molecular weight excluding hydrogens is 402 g/mol. The van der Waals surface area contributed by atoms with E-state index in [-0.39, 0.29) is 17.7 Å². The molecule has 4 rings (SSSR count). The fourth-order valence-corrected chi connectivity index (χ4v) is 3.21. The quantitative estimate of drug-likeness (QED) is 0.442. The Bertz CT molecular complexity index is 1150. The number of halogens is 2.